The molecule has 0 aliphatic heterocycles. The second-order valence-electron chi connectivity index (χ2n) is 3.47. The largest absolute Gasteiger partial charge is 0.378 e. The van der Waals surface area contributed by atoms with Gasteiger partial charge in [0.1, 0.15) is 0 Å². The number of nitrogens with zero attached hydrogens (tertiary/aromatic N) is 2. The van der Waals surface area contributed by atoms with Gasteiger partial charge in [-0.05, 0) is 18.2 Å². The van der Waals surface area contributed by atoms with E-state index in [1.54, 1.807) is 6.33 Å². The number of aryl methyl sites for hydroxylation is 1. The molecule has 0 amide bonds. The zero-order valence-electron chi connectivity index (χ0n) is 8.74. The molecule has 1 aromatic heterocycles. The summed E-state index contributed by atoms with van der Waals surface area (Å²) in [4.78, 5) is 4.05. The Balaban J connectivity index is 2.08. The van der Waals surface area contributed by atoms with Crippen LogP contribution in [0.4, 0.5) is 5.69 Å². The van der Waals surface area contributed by atoms with Crippen LogP contribution >= 0.6 is 27.5 Å². The first-order valence-electron chi connectivity index (χ1n) is 4.81. The molecule has 0 atom stereocenters. The molecule has 0 saturated carbocycles. The van der Waals surface area contributed by atoms with E-state index in [0.717, 1.165) is 15.9 Å². The van der Waals surface area contributed by atoms with Gasteiger partial charge in [0, 0.05) is 17.7 Å². The summed E-state index contributed by atoms with van der Waals surface area (Å²) in [5.41, 5.74) is 2.03. The average molecular weight is 301 g/mol. The lowest BCUT2D eigenvalue weighted by Crippen LogP contribution is -2.04. The van der Waals surface area contributed by atoms with E-state index in [-0.39, 0.29) is 0 Å². The van der Waals surface area contributed by atoms with Gasteiger partial charge in [-0.25, -0.2) is 4.98 Å². The molecule has 0 fully saturated rings. The molecular formula is C11H11BrClN3. The average Bonchev–Trinajstić information content (AvgIpc) is 2.63. The fraction of sp³-hybridized carbons (Fsp3) is 0.182. The van der Waals surface area contributed by atoms with Gasteiger partial charge in [0.15, 0.2) is 0 Å². The molecule has 0 aliphatic rings. The predicted molar refractivity (Wildman–Crippen MR) is 69.7 cm³/mol. The number of hydrogen-bond donors (Lipinski definition) is 1. The molecule has 16 heavy (non-hydrogen) atoms. The van der Waals surface area contributed by atoms with Crippen LogP contribution in [0, 0.1) is 0 Å². The summed E-state index contributed by atoms with van der Waals surface area (Å²) in [7, 11) is 1.97. The Hall–Kier alpha value is -1.000. The smallest absolute Gasteiger partial charge is 0.0946 e. The van der Waals surface area contributed by atoms with Gasteiger partial charge in [0.2, 0.25) is 0 Å². The van der Waals surface area contributed by atoms with Crippen LogP contribution in [0.25, 0.3) is 0 Å². The number of halogens is 2. The number of aromatic nitrogens is 2. The maximum absolute atomic E-state index is 6.09. The van der Waals surface area contributed by atoms with E-state index in [2.05, 4.69) is 26.2 Å². The van der Waals surface area contributed by atoms with Gasteiger partial charge >= 0.3 is 0 Å². The maximum atomic E-state index is 6.09. The molecule has 0 saturated heterocycles. The van der Waals surface area contributed by atoms with Crippen LogP contribution in [-0.4, -0.2) is 9.55 Å². The van der Waals surface area contributed by atoms with Crippen molar-refractivity contribution in [3.63, 3.8) is 0 Å². The molecule has 3 nitrogen and oxygen atoms in total. The van der Waals surface area contributed by atoms with Crippen molar-refractivity contribution < 1.29 is 0 Å². The van der Waals surface area contributed by atoms with E-state index >= 15 is 0 Å². The van der Waals surface area contributed by atoms with E-state index in [9.17, 15) is 0 Å². The van der Waals surface area contributed by atoms with Gasteiger partial charge in [-0.2, -0.15) is 0 Å². The Kier molecular flexibility index (Phi) is 3.51. The van der Waals surface area contributed by atoms with Crippen LogP contribution in [0.2, 0.25) is 5.02 Å². The van der Waals surface area contributed by atoms with Crippen molar-refractivity contribution in [2.75, 3.05) is 5.32 Å². The molecule has 5 heteroatoms. The molecule has 2 rings (SSSR count). The van der Waals surface area contributed by atoms with E-state index < -0.39 is 0 Å². The summed E-state index contributed by atoms with van der Waals surface area (Å²) >= 11 is 9.47. The number of imidazole rings is 1. The maximum Gasteiger partial charge on any atom is 0.0946 e. The van der Waals surface area contributed by atoms with Gasteiger partial charge in [-0.3, -0.25) is 0 Å². The zero-order valence-corrected chi connectivity index (χ0v) is 11.1. The van der Waals surface area contributed by atoms with Crippen LogP contribution in [0.5, 0.6) is 0 Å². The molecule has 1 heterocycles. The SMILES string of the molecule is Cn1cncc1CNc1ccc(Br)cc1Cl. The summed E-state index contributed by atoms with van der Waals surface area (Å²) in [6.07, 6.45) is 3.61. The monoisotopic (exact) mass is 299 g/mol. The molecule has 0 spiro atoms. The minimum Gasteiger partial charge on any atom is -0.378 e. The van der Waals surface area contributed by atoms with E-state index in [0.29, 0.717) is 11.6 Å². The minimum absolute atomic E-state index is 0.705. The third-order valence-electron chi connectivity index (χ3n) is 2.31. The molecule has 1 N–H and O–H groups in total. The third-order valence-corrected chi connectivity index (χ3v) is 3.11. The topological polar surface area (TPSA) is 29.9 Å². The van der Waals surface area contributed by atoms with Crippen LogP contribution in [0.3, 0.4) is 0 Å². The summed E-state index contributed by atoms with van der Waals surface area (Å²) in [5, 5.41) is 3.97. The Bertz CT molecular complexity index is 496. The van der Waals surface area contributed by atoms with Crippen molar-refractivity contribution in [3.05, 3.63) is 45.9 Å². The van der Waals surface area contributed by atoms with Crippen molar-refractivity contribution in [2.45, 2.75) is 6.54 Å². The van der Waals surface area contributed by atoms with E-state index in [1.807, 2.05) is 36.0 Å². The zero-order chi connectivity index (χ0) is 11.5. The second kappa shape index (κ2) is 4.89. The second-order valence-corrected chi connectivity index (χ2v) is 4.80. The number of nitrogens with one attached hydrogen (secondary N) is 1. The molecule has 0 bridgehead atoms. The number of hydrogen-bond acceptors (Lipinski definition) is 2. The highest BCUT2D eigenvalue weighted by Gasteiger charge is 2.02. The highest BCUT2D eigenvalue weighted by Crippen LogP contribution is 2.25. The number of benzene rings is 1. The van der Waals surface area contributed by atoms with Crippen LogP contribution in [0.1, 0.15) is 5.69 Å². The molecule has 84 valence electrons. The lowest BCUT2D eigenvalue weighted by Gasteiger charge is -2.08. The highest BCUT2D eigenvalue weighted by molar-refractivity contribution is 9.10. The fourth-order valence-electron chi connectivity index (χ4n) is 1.37. The Labute approximate surface area is 108 Å². The van der Waals surface area contributed by atoms with E-state index in [1.165, 1.54) is 0 Å². The van der Waals surface area contributed by atoms with Gasteiger partial charge in [0.05, 0.1) is 29.3 Å². The molecule has 0 radical (unpaired) electrons. The fourth-order valence-corrected chi connectivity index (χ4v) is 2.11. The van der Waals surface area contributed by atoms with Gasteiger partial charge in [-0.1, -0.05) is 27.5 Å². The van der Waals surface area contributed by atoms with Crippen LogP contribution in [-0.2, 0) is 13.6 Å². The summed E-state index contributed by atoms with van der Waals surface area (Å²) < 4.78 is 2.95. The first-order chi connectivity index (χ1) is 7.66. The Morgan fingerprint density at radius 1 is 1.50 bits per heavy atom. The van der Waals surface area contributed by atoms with Crippen molar-refractivity contribution in [1.29, 1.82) is 0 Å². The van der Waals surface area contributed by atoms with Crippen molar-refractivity contribution in [3.8, 4) is 0 Å². The molecule has 0 aliphatic carbocycles. The summed E-state index contributed by atoms with van der Waals surface area (Å²) in [5.74, 6) is 0. The highest BCUT2D eigenvalue weighted by atomic mass is 79.9. The first kappa shape index (κ1) is 11.5. The number of anilines is 1. The lowest BCUT2D eigenvalue weighted by molar-refractivity contribution is 0.837. The molecule has 2 aromatic rings. The first-order valence-corrected chi connectivity index (χ1v) is 5.98. The van der Waals surface area contributed by atoms with Crippen molar-refractivity contribution in [1.82, 2.24) is 9.55 Å². The summed E-state index contributed by atoms with van der Waals surface area (Å²) in [6, 6.07) is 5.77. The quantitative estimate of drug-likeness (QED) is 0.941. The van der Waals surface area contributed by atoms with Gasteiger partial charge in [0.25, 0.3) is 0 Å². The van der Waals surface area contributed by atoms with Gasteiger partial charge < -0.3 is 9.88 Å². The lowest BCUT2D eigenvalue weighted by atomic mass is 10.3. The molecule has 0 unspecified atom stereocenters. The minimum atomic E-state index is 0.705. The Morgan fingerprint density at radius 3 is 2.94 bits per heavy atom. The van der Waals surface area contributed by atoms with Crippen molar-refractivity contribution in [2.24, 2.45) is 7.05 Å². The van der Waals surface area contributed by atoms with Crippen molar-refractivity contribution >= 4 is 33.2 Å². The summed E-state index contributed by atoms with van der Waals surface area (Å²) in [6.45, 7) is 0.706. The molecular weight excluding hydrogens is 289 g/mol. The third kappa shape index (κ3) is 2.57. The Morgan fingerprint density at radius 2 is 2.31 bits per heavy atom. The van der Waals surface area contributed by atoms with Gasteiger partial charge in [-0.15, -0.1) is 0 Å². The van der Waals surface area contributed by atoms with Crippen LogP contribution < -0.4 is 5.32 Å². The standard InChI is InChI=1S/C11H11BrClN3/c1-16-7-14-5-9(16)6-15-11-3-2-8(12)4-10(11)13/h2-5,7,15H,6H2,1H3. The molecule has 1 aromatic carbocycles. The predicted octanol–water partition coefficient (Wildman–Crippen LogP) is 3.45. The van der Waals surface area contributed by atoms with Crippen LogP contribution in [0.15, 0.2) is 35.2 Å². The number of rotatable bonds is 3. The van der Waals surface area contributed by atoms with E-state index in [4.69, 9.17) is 11.6 Å². The normalized spacial score (nSPS) is 10.4.